The van der Waals surface area contributed by atoms with E-state index in [1.54, 1.807) is 26.0 Å². The highest BCUT2D eigenvalue weighted by molar-refractivity contribution is 5.98. The first kappa shape index (κ1) is 18.3. The summed E-state index contributed by atoms with van der Waals surface area (Å²) in [4.78, 5) is 34.5. The molecule has 0 fully saturated rings. The van der Waals surface area contributed by atoms with Crippen LogP contribution in [0.4, 0.5) is 5.69 Å². The van der Waals surface area contributed by atoms with Crippen LogP contribution in [0.3, 0.4) is 0 Å². The number of anilines is 1. The maximum absolute atomic E-state index is 11.7. The van der Waals surface area contributed by atoms with Gasteiger partial charge in [0.1, 0.15) is 0 Å². The predicted molar refractivity (Wildman–Crippen MR) is 86.8 cm³/mol. The minimum absolute atomic E-state index is 0.00878. The third kappa shape index (κ3) is 8.35. The Morgan fingerprint density at radius 1 is 1.09 bits per heavy atom. The summed E-state index contributed by atoms with van der Waals surface area (Å²) in [5.41, 5.74) is 3.43. The van der Waals surface area contributed by atoms with Crippen molar-refractivity contribution in [3.05, 3.63) is 30.3 Å². The van der Waals surface area contributed by atoms with Gasteiger partial charge in [-0.2, -0.15) is 5.10 Å². The Balaban J connectivity index is 2.28. The van der Waals surface area contributed by atoms with E-state index in [1.165, 1.54) is 0 Å². The fourth-order valence-electron chi connectivity index (χ4n) is 1.65. The Kier molecular flexibility index (Phi) is 8.06. The van der Waals surface area contributed by atoms with Crippen molar-refractivity contribution in [3.8, 4) is 0 Å². The molecule has 1 rings (SSSR count). The van der Waals surface area contributed by atoms with Gasteiger partial charge in [0.2, 0.25) is 11.8 Å². The molecule has 0 aliphatic rings. The topological polar surface area (TPSA) is 96.9 Å². The molecular formula is C16H21N3O4. The summed E-state index contributed by atoms with van der Waals surface area (Å²) in [5, 5.41) is 6.48. The molecule has 0 unspecified atom stereocenters. The van der Waals surface area contributed by atoms with Gasteiger partial charge in [-0.15, -0.1) is 0 Å². The van der Waals surface area contributed by atoms with E-state index in [0.717, 1.165) is 0 Å². The molecule has 7 nitrogen and oxygen atoms in total. The van der Waals surface area contributed by atoms with Crippen molar-refractivity contribution in [2.75, 3.05) is 11.9 Å². The summed E-state index contributed by atoms with van der Waals surface area (Å²) in [6.45, 7) is 3.63. The van der Waals surface area contributed by atoms with Crippen LogP contribution in [0.5, 0.6) is 0 Å². The van der Waals surface area contributed by atoms with Crippen molar-refractivity contribution < 1.29 is 19.1 Å². The summed E-state index contributed by atoms with van der Waals surface area (Å²) in [7, 11) is 0. The van der Waals surface area contributed by atoms with Crippen LogP contribution in [0.15, 0.2) is 35.4 Å². The first-order valence-electron chi connectivity index (χ1n) is 7.33. The molecule has 2 N–H and O–H groups in total. The Labute approximate surface area is 135 Å². The van der Waals surface area contributed by atoms with Crippen LogP contribution in [0.2, 0.25) is 0 Å². The molecule has 0 aliphatic heterocycles. The molecule has 0 aliphatic carbocycles. The summed E-state index contributed by atoms with van der Waals surface area (Å²) in [5.74, 6) is -1.04. The second-order valence-electron chi connectivity index (χ2n) is 4.78. The van der Waals surface area contributed by atoms with E-state index in [4.69, 9.17) is 4.74 Å². The fourth-order valence-corrected chi connectivity index (χ4v) is 1.65. The third-order valence-corrected chi connectivity index (χ3v) is 2.71. The molecule has 0 saturated carbocycles. The molecule has 7 heteroatoms. The van der Waals surface area contributed by atoms with Gasteiger partial charge in [-0.3, -0.25) is 14.4 Å². The fraction of sp³-hybridized carbons (Fsp3) is 0.375. The molecule has 0 heterocycles. The lowest BCUT2D eigenvalue weighted by atomic mass is 10.2. The highest BCUT2D eigenvalue weighted by Gasteiger charge is 2.08. The zero-order valence-corrected chi connectivity index (χ0v) is 13.3. The largest absolute Gasteiger partial charge is 0.466 e. The Morgan fingerprint density at radius 3 is 2.39 bits per heavy atom. The average Bonchev–Trinajstić information content (AvgIpc) is 2.52. The summed E-state index contributed by atoms with van der Waals surface area (Å²) < 4.78 is 4.77. The third-order valence-electron chi connectivity index (χ3n) is 2.71. The van der Waals surface area contributed by atoms with Crippen LogP contribution in [0.1, 0.15) is 33.1 Å². The van der Waals surface area contributed by atoms with Gasteiger partial charge in [-0.25, -0.2) is 5.43 Å². The second-order valence-corrected chi connectivity index (χ2v) is 4.78. The number of benzene rings is 1. The van der Waals surface area contributed by atoms with E-state index in [0.29, 0.717) is 18.0 Å². The van der Waals surface area contributed by atoms with Gasteiger partial charge in [-0.1, -0.05) is 18.2 Å². The minimum Gasteiger partial charge on any atom is -0.466 e. The Morgan fingerprint density at radius 2 is 1.74 bits per heavy atom. The second kappa shape index (κ2) is 10.1. The SMILES string of the molecule is CCOC(=O)C/C(C)=N/NC(=O)CCC(=O)Nc1ccccc1. The molecule has 1 aromatic carbocycles. The van der Waals surface area contributed by atoms with E-state index in [1.807, 2.05) is 18.2 Å². The number of carbonyl (C=O) groups excluding carboxylic acids is 3. The lowest BCUT2D eigenvalue weighted by Gasteiger charge is -2.05. The predicted octanol–water partition coefficient (Wildman–Crippen LogP) is 1.85. The molecule has 1 aromatic rings. The standard InChI is InChI=1S/C16H21N3O4/c1-3-23-16(22)11-12(2)18-19-15(21)10-9-14(20)17-13-7-5-4-6-8-13/h4-8H,3,9-11H2,1-2H3,(H,17,20)(H,19,21)/b18-12+. The van der Waals surface area contributed by atoms with E-state index < -0.39 is 11.9 Å². The first-order chi connectivity index (χ1) is 11.0. The maximum atomic E-state index is 11.7. The zero-order chi connectivity index (χ0) is 17.1. The summed E-state index contributed by atoms with van der Waals surface area (Å²) in [6.07, 6.45) is 0.0740. The molecule has 0 radical (unpaired) electrons. The average molecular weight is 319 g/mol. The van der Waals surface area contributed by atoms with Gasteiger partial charge in [0.15, 0.2) is 0 Å². The molecule has 0 atom stereocenters. The number of nitrogens with one attached hydrogen (secondary N) is 2. The highest BCUT2D eigenvalue weighted by Crippen LogP contribution is 2.06. The van der Waals surface area contributed by atoms with Crippen LogP contribution in [0, 0.1) is 0 Å². The minimum atomic E-state index is -0.398. The highest BCUT2D eigenvalue weighted by atomic mass is 16.5. The van der Waals surface area contributed by atoms with Crippen molar-refractivity contribution in [1.82, 2.24) is 5.43 Å². The van der Waals surface area contributed by atoms with Gasteiger partial charge in [0.05, 0.1) is 13.0 Å². The lowest BCUT2D eigenvalue weighted by Crippen LogP contribution is -2.22. The normalized spacial score (nSPS) is 10.8. The number of rotatable bonds is 8. The van der Waals surface area contributed by atoms with Crippen LogP contribution in [0.25, 0.3) is 0 Å². The summed E-state index contributed by atoms with van der Waals surface area (Å²) in [6, 6.07) is 8.99. The van der Waals surface area contributed by atoms with Crippen molar-refractivity contribution in [3.63, 3.8) is 0 Å². The first-order valence-corrected chi connectivity index (χ1v) is 7.33. The Bertz CT molecular complexity index is 570. The van der Waals surface area contributed by atoms with Crippen molar-refractivity contribution in [2.45, 2.75) is 33.1 Å². The molecule has 0 saturated heterocycles. The number of nitrogens with zero attached hydrogens (tertiary/aromatic N) is 1. The smallest absolute Gasteiger partial charge is 0.311 e. The van der Waals surface area contributed by atoms with Gasteiger partial charge >= 0.3 is 5.97 Å². The molecule has 0 spiro atoms. The van der Waals surface area contributed by atoms with Crippen molar-refractivity contribution in [2.24, 2.45) is 5.10 Å². The van der Waals surface area contributed by atoms with E-state index in [-0.39, 0.29) is 25.2 Å². The van der Waals surface area contributed by atoms with Crippen molar-refractivity contribution >= 4 is 29.2 Å². The molecule has 0 bridgehead atoms. The quantitative estimate of drug-likeness (QED) is 0.434. The number of para-hydroxylation sites is 1. The number of ether oxygens (including phenoxy) is 1. The zero-order valence-electron chi connectivity index (χ0n) is 13.3. The van der Waals surface area contributed by atoms with Crippen LogP contribution >= 0.6 is 0 Å². The molecule has 124 valence electrons. The van der Waals surface area contributed by atoms with Gasteiger partial charge in [-0.05, 0) is 26.0 Å². The number of hydrogen-bond donors (Lipinski definition) is 2. The van der Waals surface area contributed by atoms with E-state index in [9.17, 15) is 14.4 Å². The summed E-state index contributed by atoms with van der Waals surface area (Å²) >= 11 is 0. The van der Waals surface area contributed by atoms with E-state index >= 15 is 0 Å². The van der Waals surface area contributed by atoms with Crippen molar-refractivity contribution in [1.29, 1.82) is 0 Å². The monoisotopic (exact) mass is 319 g/mol. The molecule has 2 amide bonds. The molecule has 23 heavy (non-hydrogen) atoms. The number of carbonyl (C=O) groups is 3. The molecular weight excluding hydrogens is 298 g/mol. The van der Waals surface area contributed by atoms with E-state index in [2.05, 4.69) is 15.8 Å². The maximum Gasteiger partial charge on any atom is 0.311 e. The van der Waals surface area contributed by atoms with Crippen LogP contribution < -0.4 is 10.7 Å². The number of amides is 2. The number of hydrogen-bond acceptors (Lipinski definition) is 5. The van der Waals surface area contributed by atoms with Gasteiger partial charge in [0.25, 0.3) is 0 Å². The Hall–Kier alpha value is -2.70. The number of esters is 1. The van der Waals surface area contributed by atoms with Gasteiger partial charge < -0.3 is 10.1 Å². The van der Waals surface area contributed by atoms with Crippen LogP contribution in [-0.2, 0) is 19.1 Å². The van der Waals surface area contributed by atoms with Crippen LogP contribution in [-0.4, -0.2) is 30.1 Å². The number of hydrazone groups is 1. The molecule has 0 aromatic heterocycles. The van der Waals surface area contributed by atoms with Gasteiger partial charge in [0, 0.05) is 24.2 Å². The lowest BCUT2D eigenvalue weighted by molar-refractivity contribution is -0.141.